The first-order valence-electron chi connectivity index (χ1n) is 13.6. The minimum Gasteiger partial charge on any atom is -0.391 e. The van der Waals surface area contributed by atoms with Crippen molar-refractivity contribution in [3.8, 4) is 0 Å². The number of aliphatic hydroxyl groups is 1. The molecule has 0 spiro atoms. The molecular formula is C28H46N2O2. The topological polar surface area (TPSA) is 47.3 Å². The number of hydrogen-bond acceptors (Lipinski definition) is 3. The van der Waals surface area contributed by atoms with Crippen molar-refractivity contribution in [2.24, 2.45) is 46.8 Å². The summed E-state index contributed by atoms with van der Waals surface area (Å²) >= 11 is 0. The molecule has 180 valence electrons. The van der Waals surface area contributed by atoms with Gasteiger partial charge in [0.05, 0.1) is 18.8 Å². The van der Waals surface area contributed by atoms with Gasteiger partial charge in [-0.1, -0.05) is 20.8 Å². The number of rotatable bonds is 6. The van der Waals surface area contributed by atoms with Crippen LogP contribution in [0.15, 0.2) is 12.4 Å². The van der Waals surface area contributed by atoms with Gasteiger partial charge in [-0.25, -0.2) is 0 Å². The van der Waals surface area contributed by atoms with Crippen molar-refractivity contribution in [1.29, 1.82) is 0 Å². The van der Waals surface area contributed by atoms with Crippen LogP contribution in [0.2, 0.25) is 0 Å². The lowest BCUT2D eigenvalue weighted by Crippen LogP contribution is -2.50. The van der Waals surface area contributed by atoms with Crippen molar-refractivity contribution in [2.45, 2.75) is 97.1 Å². The van der Waals surface area contributed by atoms with Gasteiger partial charge in [0, 0.05) is 19.9 Å². The average molecular weight is 443 g/mol. The fourth-order valence-electron chi connectivity index (χ4n) is 9.11. The Balaban J connectivity index is 1.25. The Labute approximate surface area is 195 Å². The smallest absolute Gasteiger partial charge is 0.0769 e. The fourth-order valence-corrected chi connectivity index (χ4v) is 9.11. The summed E-state index contributed by atoms with van der Waals surface area (Å²) in [4.78, 5) is 0. The van der Waals surface area contributed by atoms with E-state index in [0.717, 1.165) is 42.1 Å². The molecule has 4 saturated carbocycles. The Bertz CT molecular complexity index is 775. The lowest BCUT2D eigenvalue weighted by Gasteiger charge is -2.56. The van der Waals surface area contributed by atoms with Crippen molar-refractivity contribution in [3.05, 3.63) is 18.0 Å². The summed E-state index contributed by atoms with van der Waals surface area (Å²) in [6, 6.07) is 0. The second-order valence-corrected chi connectivity index (χ2v) is 12.5. The molecule has 1 N–H and O–H groups in total. The lowest BCUT2D eigenvalue weighted by molar-refractivity contribution is -0.0885. The van der Waals surface area contributed by atoms with E-state index in [0.29, 0.717) is 23.8 Å². The minimum absolute atomic E-state index is 0.276. The maximum atomic E-state index is 11.3. The minimum atomic E-state index is -0.276. The molecule has 4 aliphatic rings. The van der Waals surface area contributed by atoms with Crippen molar-refractivity contribution >= 4 is 0 Å². The van der Waals surface area contributed by atoms with Crippen LogP contribution in [0.25, 0.3) is 0 Å². The van der Waals surface area contributed by atoms with Crippen LogP contribution in [-0.4, -0.2) is 34.7 Å². The highest BCUT2D eigenvalue weighted by atomic mass is 16.5. The van der Waals surface area contributed by atoms with Gasteiger partial charge in [0.15, 0.2) is 0 Å². The van der Waals surface area contributed by atoms with Gasteiger partial charge in [-0.05, 0) is 116 Å². The molecule has 0 bridgehead atoms. The van der Waals surface area contributed by atoms with Crippen molar-refractivity contribution in [1.82, 2.24) is 9.78 Å². The van der Waals surface area contributed by atoms with Crippen LogP contribution < -0.4 is 0 Å². The van der Waals surface area contributed by atoms with Crippen LogP contribution in [0.4, 0.5) is 0 Å². The molecule has 0 aliphatic heterocycles. The third-order valence-corrected chi connectivity index (χ3v) is 10.7. The highest BCUT2D eigenvalue weighted by Crippen LogP contribution is 2.65. The Morgan fingerprint density at radius 2 is 1.91 bits per heavy atom. The molecule has 1 aromatic heterocycles. The molecule has 1 heterocycles. The summed E-state index contributed by atoms with van der Waals surface area (Å²) in [5, 5.41) is 15.9. The summed E-state index contributed by atoms with van der Waals surface area (Å²) in [7, 11) is 1.87. The van der Waals surface area contributed by atoms with Crippen molar-refractivity contribution in [3.63, 3.8) is 0 Å². The zero-order chi connectivity index (χ0) is 22.5. The number of fused-ring (bicyclic) bond motifs is 5. The molecule has 0 aromatic carbocycles. The average Bonchev–Trinajstić information content (AvgIpc) is 3.37. The second kappa shape index (κ2) is 9.06. The van der Waals surface area contributed by atoms with Gasteiger partial charge in [0.2, 0.25) is 0 Å². The molecule has 9 unspecified atom stereocenters. The predicted molar refractivity (Wildman–Crippen MR) is 128 cm³/mol. The van der Waals surface area contributed by atoms with Crippen LogP contribution >= 0.6 is 0 Å². The summed E-state index contributed by atoms with van der Waals surface area (Å²) in [5.74, 6) is 6.31. The molecule has 0 amide bonds. The number of nitrogens with zero attached hydrogens (tertiary/aromatic N) is 2. The normalized spacial score (nSPS) is 42.4. The van der Waals surface area contributed by atoms with E-state index < -0.39 is 0 Å². The van der Waals surface area contributed by atoms with Crippen LogP contribution in [0.1, 0.15) is 90.0 Å². The number of aromatic nitrogens is 2. The molecule has 0 radical (unpaired) electrons. The van der Waals surface area contributed by atoms with Gasteiger partial charge in [-0.15, -0.1) is 0 Å². The van der Waals surface area contributed by atoms with E-state index >= 15 is 0 Å². The first-order valence-corrected chi connectivity index (χ1v) is 13.6. The van der Waals surface area contributed by atoms with E-state index in [4.69, 9.17) is 4.74 Å². The zero-order valence-corrected chi connectivity index (χ0v) is 20.9. The van der Waals surface area contributed by atoms with E-state index in [-0.39, 0.29) is 6.10 Å². The number of aliphatic hydroxyl groups excluding tert-OH is 1. The molecule has 4 fully saturated rings. The summed E-state index contributed by atoms with van der Waals surface area (Å²) in [5.41, 5.74) is 1.58. The summed E-state index contributed by atoms with van der Waals surface area (Å²) < 4.78 is 7.49. The Morgan fingerprint density at radius 3 is 2.66 bits per heavy atom. The highest BCUT2D eigenvalue weighted by molar-refractivity contribution is 5.10. The largest absolute Gasteiger partial charge is 0.391 e. The summed E-state index contributed by atoms with van der Waals surface area (Å²) in [6.07, 6.45) is 16.2. The van der Waals surface area contributed by atoms with E-state index in [1.54, 1.807) is 0 Å². The first kappa shape index (κ1) is 22.9. The van der Waals surface area contributed by atoms with Gasteiger partial charge in [-0.2, -0.15) is 5.10 Å². The predicted octanol–water partition coefficient (Wildman–Crippen LogP) is 5.90. The molecule has 4 nitrogen and oxygen atoms in total. The Kier molecular flexibility index (Phi) is 6.48. The van der Waals surface area contributed by atoms with Gasteiger partial charge in [-0.3, -0.25) is 4.68 Å². The number of methoxy groups -OCH3 is 1. The van der Waals surface area contributed by atoms with Gasteiger partial charge in [0.25, 0.3) is 0 Å². The van der Waals surface area contributed by atoms with E-state index in [9.17, 15) is 5.11 Å². The number of ether oxygens (including phenoxy) is 1. The van der Waals surface area contributed by atoms with Crippen molar-refractivity contribution < 1.29 is 9.84 Å². The van der Waals surface area contributed by atoms with E-state index in [1.807, 2.05) is 18.0 Å². The molecule has 32 heavy (non-hydrogen) atoms. The van der Waals surface area contributed by atoms with Crippen LogP contribution in [0.5, 0.6) is 0 Å². The lowest BCUT2D eigenvalue weighted by atomic mass is 9.49. The fraction of sp³-hybridized carbons (Fsp3) is 0.893. The molecular weight excluding hydrogens is 396 g/mol. The summed E-state index contributed by atoms with van der Waals surface area (Å²) in [6.45, 7) is 8.57. The molecule has 9 atom stereocenters. The van der Waals surface area contributed by atoms with Gasteiger partial charge < -0.3 is 9.84 Å². The second-order valence-electron chi connectivity index (χ2n) is 12.5. The monoisotopic (exact) mass is 442 g/mol. The quantitative estimate of drug-likeness (QED) is 0.597. The number of hydrogen-bond donors (Lipinski definition) is 1. The van der Waals surface area contributed by atoms with Crippen LogP contribution in [0, 0.1) is 46.8 Å². The molecule has 4 aliphatic carbocycles. The van der Waals surface area contributed by atoms with Crippen molar-refractivity contribution in [2.75, 3.05) is 13.7 Å². The van der Waals surface area contributed by atoms with E-state index in [1.165, 1.54) is 63.4 Å². The third kappa shape index (κ3) is 3.98. The van der Waals surface area contributed by atoms with Crippen LogP contribution in [0.3, 0.4) is 0 Å². The maximum Gasteiger partial charge on any atom is 0.0769 e. The van der Waals surface area contributed by atoms with Crippen LogP contribution in [-0.2, 0) is 11.3 Å². The molecule has 4 heteroatoms. The Morgan fingerprint density at radius 1 is 1.09 bits per heavy atom. The maximum absolute atomic E-state index is 11.3. The Hall–Kier alpha value is -0.870. The first-order chi connectivity index (χ1) is 15.4. The SMILES string of the molecule is COCC1CCC2C(CCC3C2CCC2(C)C(C(O)Cn4cc(C(C)C)cn4)CCC32)C1. The third-order valence-electron chi connectivity index (χ3n) is 10.7. The van der Waals surface area contributed by atoms with E-state index in [2.05, 4.69) is 32.1 Å². The highest BCUT2D eigenvalue weighted by Gasteiger charge is 2.58. The van der Waals surface area contributed by atoms with Gasteiger partial charge in [0.1, 0.15) is 0 Å². The molecule has 0 saturated heterocycles. The molecule has 1 aromatic rings. The standard InChI is InChI=1S/C28H46N2O2/c1-18(2)21-14-29-30(15-21)16-27(31)26-10-9-25-24-8-6-20-13-19(17-32-4)5-7-22(20)23(24)11-12-28(25,26)3/h14-15,18-20,22-27,31H,5-13,16-17H2,1-4H3. The van der Waals surface area contributed by atoms with Gasteiger partial charge >= 0.3 is 0 Å². The molecule has 5 rings (SSSR count). The zero-order valence-electron chi connectivity index (χ0n) is 20.9.